The SMILES string of the molecule is CCNC(=NCc1ccc(CN2CCCCC2)cc1)NCCC(=O)OC(C)C. The van der Waals surface area contributed by atoms with Gasteiger partial charge in [-0.25, -0.2) is 4.99 Å². The van der Waals surface area contributed by atoms with E-state index in [0.717, 1.165) is 19.0 Å². The molecule has 1 aromatic rings. The molecular formula is C22H36N4O2. The van der Waals surface area contributed by atoms with Crippen LogP contribution >= 0.6 is 0 Å². The van der Waals surface area contributed by atoms with Crippen LogP contribution in [0.15, 0.2) is 29.3 Å². The third kappa shape index (κ3) is 8.74. The molecule has 6 nitrogen and oxygen atoms in total. The van der Waals surface area contributed by atoms with Crippen LogP contribution in [0.5, 0.6) is 0 Å². The number of esters is 1. The lowest BCUT2D eigenvalue weighted by Gasteiger charge is -2.26. The molecule has 6 heteroatoms. The quantitative estimate of drug-likeness (QED) is 0.387. The Morgan fingerprint density at radius 1 is 1.11 bits per heavy atom. The van der Waals surface area contributed by atoms with Gasteiger partial charge in [0.05, 0.1) is 19.1 Å². The molecule has 0 aliphatic carbocycles. The van der Waals surface area contributed by atoms with Crippen LogP contribution in [0.4, 0.5) is 0 Å². The van der Waals surface area contributed by atoms with E-state index < -0.39 is 0 Å². The van der Waals surface area contributed by atoms with Gasteiger partial charge in [0.2, 0.25) is 0 Å². The predicted molar refractivity (Wildman–Crippen MR) is 114 cm³/mol. The Morgan fingerprint density at radius 3 is 2.43 bits per heavy atom. The highest BCUT2D eigenvalue weighted by atomic mass is 16.5. The Morgan fingerprint density at radius 2 is 1.79 bits per heavy atom. The van der Waals surface area contributed by atoms with Crippen molar-refractivity contribution in [3.8, 4) is 0 Å². The summed E-state index contributed by atoms with van der Waals surface area (Å²) in [6.07, 6.45) is 4.26. The van der Waals surface area contributed by atoms with Crippen molar-refractivity contribution >= 4 is 11.9 Å². The fourth-order valence-corrected chi connectivity index (χ4v) is 3.24. The third-order valence-corrected chi connectivity index (χ3v) is 4.63. The normalized spacial score (nSPS) is 15.5. The molecule has 0 spiro atoms. The first kappa shape index (κ1) is 22.2. The first-order valence-corrected chi connectivity index (χ1v) is 10.6. The van der Waals surface area contributed by atoms with E-state index in [1.54, 1.807) is 0 Å². The lowest BCUT2D eigenvalue weighted by molar-refractivity contribution is -0.147. The number of hydrogen-bond acceptors (Lipinski definition) is 4. The summed E-state index contributed by atoms with van der Waals surface area (Å²) in [5.74, 6) is 0.528. The van der Waals surface area contributed by atoms with Gasteiger partial charge in [0.25, 0.3) is 0 Å². The van der Waals surface area contributed by atoms with Crippen molar-refractivity contribution in [1.29, 1.82) is 0 Å². The maximum Gasteiger partial charge on any atom is 0.307 e. The van der Waals surface area contributed by atoms with Gasteiger partial charge in [-0.3, -0.25) is 9.69 Å². The summed E-state index contributed by atoms with van der Waals surface area (Å²) in [4.78, 5) is 18.8. The zero-order valence-corrected chi connectivity index (χ0v) is 17.7. The number of rotatable bonds is 9. The number of aliphatic imine (C=N–C) groups is 1. The number of carbonyl (C=O) groups excluding carboxylic acids is 1. The van der Waals surface area contributed by atoms with Crippen LogP contribution in [0.3, 0.4) is 0 Å². The van der Waals surface area contributed by atoms with Gasteiger partial charge < -0.3 is 15.4 Å². The first-order valence-electron chi connectivity index (χ1n) is 10.6. The van der Waals surface area contributed by atoms with E-state index >= 15 is 0 Å². The minimum atomic E-state index is -0.192. The number of benzene rings is 1. The highest BCUT2D eigenvalue weighted by Gasteiger charge is 2.10. The topological polar surface area (TPSA) is 66.0 Å². The summed E-state index contributed by atoms with van der Waals surface area (Å²) in [5.41, 5.74) is 2.54. The lowest BCUT2D eigenvalue weighted by atomic mass is 10.1. The van der Waals surface area contributed by atoms with E-state index in [1.165, 1.54) is 43.5 Å². The second kappa shape index (κ2) is 12.4. The van der Waals surface area contributed by atoms with E-state index in [4.69, 9.17) is 4.74 Å². The fraction of sp³-hybridized carbons (Fsp3) is 0.636. The van der Waals surface area contributed by atoms with Crippen molar-refractivity contribution in [1.82, 2.24) is 15.5 Å². The number of piperidine rings is 1. The molecule has 0 saturated carbocycles. The van der Waals surface area contributed by atoms with Crippen molar-refractivity contribution in [3.63, 3.8) is 0 Å². The molecule has 0 radical (unpaired) electrons. The maximum atomic E-state index is 11.6. The van der Waals surface area contributed by atoms with Gasteiger partial charge in [-0.15, -0.1) is 0 Å². The Labute approximate surface area is 169 Å². The van der Waals surface area contributed by atoms with E-state index in [9.17, 15) is 4.79 Å². The van der Waals surface area contributed by atoms with E-state index in [-0.39, 0.29) is 12.1 Å². The van der Waals surface area contributed by atoms with Crippen LogP contribution < -0.4 is 10.6 Å². The van der Waals surface area contributed by atoms with Gasteiger partial charge in [-0.2, -0.15) is 0 Å². The molecule has 1 fully saturated rings. The molecule has 1 aliphatic rings. The van der Waals surface area contributed by atoms with Crippen molar-refractivity contribution in [2.45, 2.75) is 65.6 Å². The van der Waals surface area contributed by atoms with Gasteiger partial charge in [0, 0.05) is 19.6 Å². The molecule has 1 saturated heterocycles. The van der Waals surface area contributed by atoms with Crippen LogP contribution in [-0.4, -0.2) is 49.1 Å². The van der Waals surface area contributed by atoms with Gasteiger partial charge in [-0.1, -0.05) is 30.7 Å². The average Bonchev–Trinajstić information content (AvgIpc) is 2.67. The van der Waals surface area contributed by atoms with Crippen LogP contribution in [0.2, 0.25) is 0 Å². The summed E-state index contributed by atoms with van der Waals surface area (Å²) in [6, 6.07) is 8.74. The largest absolute Gasteiger partial charge is 0.463 e. The summed E-state index contributed by atoms with van der Waals surface area (Å²) in [7, 11) is 0. The highest BCUT2D eigenvalue weighted by molar-refractivity contribution is 5.80. The molecule has 1 aliphatic heterocycles. The Balaban J connectivity index is 1.79. The number of carbonyl (C=O) groups is 1. The van der Waals surface area contributed by atoms with E-state index in [1.807, 2.05) is 20.8 Å². The summed E-state index contributed by atoms with van der Waals surface area (Å²) >= 11 is 0. The number of nitrogens with one attached hydrogen (secondary N) is 2. The molecule has 0 amide bonds. The van der Waals surface area contributed by atoms with Gasteiger partial charge >= 0.3 is 5.97 Å². The minimum Gasteiger partial charge on any atom is -0.463 e. The predicted octanol–water partition coefficient (Wildman–Crippen LogP) is 3.07. The fourth-order valence-electron chi connectivity index (χ4n) is 3.24. The molecule has 156 valence electrons. The number of guanidine groups is 1. The second-order valence-electron chi connectivity index (χ2n) is 7.56. The van der Waals surface area contributed by atoms with Crippen LogP contribution in [0.1, 0.15) is 57.6 Å². The second-order valence-corrected chi connectivity index (χ2v) is 7.56. The average molecular weight is 389 g/mol. The van der Waals surface area contributed by atoms with E-state index in [0.29, 0.717) is 19.5 Å². The number of ether oxygens (including phenoxy) is 1. The first-order chi connectivity index (χ1) is 13.6. The summed E-state index contributed by atoms with van der Waals surface area (Å²) in [6.45, 7) is 11.1. The molecule has 28 heavy (non-hydrogen) atoms. The van der Waals surface area contributed by atoms with Crippen molar-refractivity contribution in [2.24, 2.45) is 4.99 Å². The van der Waals surface area contributed by atoms with Gasteiger partial charge in [-0.05, 0) is 57.8 Å². The smallest absolute Gasteiger partial charge is 0.307 e. The summed E-state index contributed by atoms with van der Waals surface area (Å²) in [5, 5.41) is 6.41. The molecule has 2 N–H and O–H groups in total. The standard InChI is InChI=1S/C22H36N4O2/c1-4-23-22(24-13-12-21(27)28-18(2)3)25-16-19-8-10-20(11-9-19)17-26-14-6-5-7-15-26/h8-11,18H,4-7,12-17H2,1-3H3,(H2,23,24,25). The lowest BCUT2D eigenvalue weighted by Crippen LogP contribution is -2.38. The zero-order valence-electron chi connectivity index (χ0n) is 17.7. The molecule has 1 aromatic carbocycles. The summed E-state index contributed by atoms with van der Waals surface area (Å²) < 4.78 is 5.14. The Bertz CT molecular complexity index is 607. The third-order valence-electron chi connectivity index (χ3n) is 4.63. The van der Waals surface area contributed by atoms with E-state index in [2.05, 4.69) is 44.8 Å². The molecule has 1 heterocycles. The number of nitrogens with zero attached hydrogens (tertiary/aromatic N) is 2. The maximum absolute atomic E-state index is 11.6. The minimum absolute atomic E-state index is 0.0766. The molecule has 0 atom stereocenters. The number of likely N-dealkylation sites (tertiary alicyclic amines) is 1. The number of hydrogen-bond donors (Lipinski definition) is 2. The molecule has 0 bridgehead atoms. The Kier molecular flexibility index (Phi) is 9.83. The Hall–Kier alpha value is -2.08. The molecule has 0 aromatic heterocycles. The van der Waals surface area contributed by atoms with Gasteiger partial charge in [0.15, 0.2) is 5.96 Å². The monoisotopic (exact) mass is 388 g/mol. The van der Waals surface area contributed by atoms with Crippen molar-refractivity contribution in [2.75, 3.05) is 26.2 Å². The highest BCUT2D eigenvalue weighted by Crippen LogP contribution is 2.14. The molecular weight excluding hydrogens is 352 g/mol. The van der Waals surface area contributed by atoms with Crippen molar-refractivity contribution in [3.05, 3.63) is 35.4 Å². The van der Waals surface area contributed by atoms with Crippen LogP contribution in [0, 0.1) is 0 Å². The van der Waals surface area contributed by atoms with Crippen LogP contribution in [-0.2, 0) is 22.6 Å². The zero-order chi connectivity index (χ0) is 20.2. The molecule has 2 rings (SSSR count). The van der Waals surface area contributed by atoms with Crippen molar-refractivity contribution < 1.29 is 9.53 Å². The molecule has 0 unspecified atom stereocenters. The van der Waals surface area contributed by atoms with Gasteiger partial charge in [0.1, 0.15) is 0 Å². The van der Waals surface area contributed by atoms with Crippen LogP contribution in [0.25, 0.3) is 0 Å².